The lowest BCUT2D eigenvalue weighted by atomic mass is 9.97. The quantitative estimate of drug-likeness (QED) is 0.774. The average Bonchev–Trinajstić information content (AvgIpc) is 2.61. The minimum absolute atomic E-state index is 0.00296. The molecule has 1 aliphatic rings. The van der Waals surface area contributed by atoms with Gasteiger partial charge in [-0.05, 0) is 50.3 Å². The van der Waals surface area contributed by atoms with E-state index in [4.69, 9.17) is 4.74 Å². The number of nitrogens with one attached hydrogen (secondary N) is 2. The maximum atomic E-state index is 12.6. The second kappa shape index (κ2) is 8.99. The fraction of sp³-hybridized carbons (Fsp3) is 0.600. The maximum Gasteiger partial charge on any atom is 0.314 e. The van der Waals surface area contributed by atoms with Gasteiger partial charge in [-0.1, -0.05) is 26.0 Å². The van der Waals surface area contributed by atoms with Crippen molar-refractivity contribution >= 4 is 17.6 Å². The van der Waals surface area contributed by atoms with Gasteiger partial charge in [0, 0.05) is 5.69 Å². The third kappa shape index (κ3) is 5.30. The summed E-state index contributed by atoms with van der Waals surface area (Å²) in [5, 5.41) is 3.00. The molecule has 0 spiro atoms. The Kier molecular flexibility index (Phi) is 7.00. The summed E-state index contributed by atoms with van der Waals surface area (Å²) in [6, 6.07) is 7.81. The van der Waals surface area contributed by atoms with Gasteiger partial charge in [-0.25, -0.2) is 0 Å². The Bertz CT molecular complexity index is 583. The van der Waals surface area contributed by atoms with Crippen molar-refractivity contribution in [3.05, 3.63) is 29.8 Å². The van der Waals surface area contributed by atoms with Crippen molar-refractivity contribution in [3.8, 4) is 0 Å². The lowest BCUT2D eigenvalue weighted by molar-refractivity contribution is -0.921. The highest BCUT2D eigenvalue weighted by Gasteiger charge is 2.34. The molecule has 2 N–H and O–H groups in total. The molecule has 5 heteroatoms. The largest absolute Gasteiger partial charge is 0.466 e. The van der Waals surface area contributed by atoms with Crippen LogP contribution in [0.1, 0.15) is 52.0 Å². The number of rotatable bonds is 6. The SMILES string of the molecule is CCOC(=O)[C@H]1CCC[NH+]([C@@H](C)C(=O)Nc2ccc(C(C)C)cc2)C1. The highest BCUT2D eigenvalue weighted by Crippen LogP contribution is 2.17. The number of anilines is 1. The fourth-order valence-corrected chi connectivity index (χ4v) is 3.34. The van der Waals surface area contributed by atoms with Gasteiger partial charge in [0.05, 0.1) is 19.7 Å². The topological polar surface area (TPSA) is 59.8 Å². The molecule has 1 fully saturated rings. The molecule has 1 heterocycles. The van der Waals surface area contributed by atoms with E-state index in [0.717, 1.165) is 30.0 Å². The van der Waals surface area contributed by atoms with Crippen LogP contribution in [0.4, 0.5) is 5.69 Å². The van der Waals surface area contributed by atoms with Crippen LogP contribution in [0, 0.1) is 5.92 Å². The monoisotopic (exact) mass is 347 g/mol. The molecule has 3 atom stereocenters. The number of carbonyl (C=O) groups is 2. The van der Waals surface area contributed by atoms with Gasteiger partial charge >= 0.3 is 5.97 Å². The van der Waals surface area contributed by atoms with Crippen molar-refractivity contribution in [1.82, 2.24) is 0 Å². The van der Waals surface area contributed by atoms with Crippen molar-refractivity contribution < 1.29 is 19.2 Å². The van der Waals surface area contributed by atoms with E-state index >= 15 is 0 Å². The zero-order valence-electron chi connectivity index (χ0n) is 15.8. The number of piperidine rings is 1. The summed E-state index contributed by atoms with van der Waals surface area (Å²) in [6.45, 7) is 10.0. The summed E-state index contributed by atoms with van der Waals surface area (Å²) in [4.78, 5) is 25.7. The third-order valence-electron chi connectivity index (χ3n) is 5.03. The van der Waals surface area contributed by atoms with Gasteiger partial charge in [0.15, 0.2) is 6.04 Å². The first-order valence-electron chi connectivity index (χ1n) is 9.34. The van der Waals surface area contributed by atoms with Crippen LogP contribution in [0.2, 0.25) is 0 Å². The third-order valence-corrected chi connectivity index (χ3v) is 5.03. The molecule has 1 saturated heterocycles. The molecule has 1 unspecified atom stereocenters. The average molecular weight is 347 g/mol. The van der Waals surface area contributed by atoms with Gasteiger partial charge < -0.3 is 15.0 Å². The molecule has 0 bridgehead atoms. The Balaban J connectivity index is 1.93. The molecule has 138 valence electrons. The van der Waals surface area contributed by atoms with E-state index in [1.165, 1.54) is 5.56 Å². The minimum Gasteiger partial charge on any atom is -0.466 e. The number of likely N-dealkylation sites (tertiary alicyclic amines) is 1. The van der Waals surface area contributed by atoms with Gasteiger partial charge in [0.25, 0.3) is 5.91 Å². The van der Waals surface area contributed by atoms with E-state index in [2.05, 4.69) is 31.3 Å². The van der Waals surface area contributed by atoms with Crippen LogP contribution in [0.15, 0.2) is 24.3 Å². The molecule has 25 heavy (non-hydrogen) atoms. The maximum absolute atomic E-state index is 12.6. The number of carbonyl (C=O) groups excluding carboxylic acids is 2. The zero-order valence-corrected chi connectivity index (χ0v) is 15.8. The van der Waals surface area contributed by atoms with Crippen molar-refractivity contribution in [3.63, 3.8) is 0 Å². The lowest BCUT2D eigenvalue weighted by Gasteiger charge is -2.32. The predicted molar refractivity (Wildman–Crippen MR) is 98.7 cm³/mol. The predicted octanol–water partition coefficient (Wildman–Crippen LogP) is 1.99. The normalized spacial score (nSPS) is 21.6. The molecule has 5 nitrogen and oxygen atoms in total. The van der Waals surface area contributed by atoms with Crippen molar-refractivity contribution in [1.29, 1.82) is 0 Å². The highest BCUT2D eigenvalue weighted by molar-refractivity contribution is 5.93. The fourth-order valence-electron chi connectivity index (χ4n) is 3.34. The number of hydrogen-bond acceptors (Lipinski definition) is 3. The van der Waals surface area contributed by atoms with Crippen LogP contribution >= 0.6 is 0 Å². The summed E-state index contributed by atoms with van der Waals surface area (Å²) >= 11 is 0. The molecular weight excluding hydrogens is 316 g/mol. The molecule has 0 aliphatic carbocycles. The van der Waals surface area contributed by atoms with E-state index in [0.29, 0.717) is 19.1 Å². The molecule has 0 aromatic heterocycles. The van der Waals surface area contributed by atoms with E-state index in [-0.39, 0.29) is 23.8 Å². The number of hydrogen-bond donors (Lipinski definition) is 2. The molecule has 1 aromatic carbocycles. The Hall–Kier alpha value is -1.88. The molecule has 1 aromatic rings. The standard InChI is InChI=1S/C20H30N2O3/c1-5-25-20(24)17-7-6-12-22(13-17)15(4)19(23)21-18-10-8-16(9-11-18)14(2)3/h8-11,14-15,17H,5-7,12-13H2,1-4H3,(H,21,23)/p+1/t15-,17-/m0/s1. The number of benzene rings is 1. The van der Waals surface area contributed by atoms with Crippen LogP contribution in [-0.4, -0.2) is 37.6 Å². The summed E-state index contributed by atoms with van der Waals surface area (Å²) in [7, 11) is 0. The van der Waals surface area contributed by atoms with E-state index in [1.807, 2.05) is 26.0 Å². The second-order valence-electron chi connectivity index (χ2n) is 7.19. The number of amides is 1. The molecule has 2 rings (SSSR count). The van der Waals surface area contributed by atoms with Crippen molar-refractivity contribution in [2.75, 3.05) is 25.0 Å². The Morgan fingerprint density at radius 3 is 2.52 bits per heavy atom. The molecule has 1 amide bonds. The summed E-state index contributed by atoms with van der Waals surface area (Å²) in [5.41, 5.74) is 2.07. The smallest absolute Gasteiger partial charge is 0.314 e. The second-order valence-corrected chi connectivity index (χ2v) is 7.19. The summed E-state index contributed by atoms with van der Waals surface area (Å²) in [5.74, 6) is 0.249. The Morgan fingerprint density at radius 2 is 1.92 bits per heavy atom. The first-order valence-corrected chi connectivity index (χ1v) is 9.34. The van der Waals surface area contributed by atoms with Gasteiger partial charge in [-0.15, -0.1) is 0 Å². The van der Waals surface area contributed by atoms with Crippen LogP contribution in [0.25, 0.3) is 0 Å². The zero-order chi connectivity index (χ0) is 18.4. The highest BCUT2D eigenvalue weighted by atomic mass is 16.5. The van der Waals surface area contributed by atoms with Crippen molar-refractivity contribution in [2.24, 2.45) is 5.92 Å². The molecule has 0 radical (unpaired) electrons. The van der Waals surface area contributed by atoms with Crippen LogP contribution in [0.5, 0.6) is 0 Å². The first kappa shape index (κ1) is 19.4. The van der Waals surface area contributed by atoms with Crippen LogP contribution in [0.3, 0.4) is 0 Å². The van der Waals surface area contributed by atoms with E-state index in [9.17, 15) is 9.59 Å². The first-order chi connectivity index (χ1) is 11.9. The summed E-state index contributed by atoms with van der Waals surface area (Å²) in [6.07, 6.45) is 1.80. The van der Waals surface area contributed by atoms with Gasteiger partial charge in [0.1, 0.15) is 5.92 Å². The van der Waals surface area contributed by atoms with E-state index < -0.39 is 0 Å². The molecular formula is C20H31N2O3+. The van der Waals surface area contributed by atoms with Gasteiger partial charge in [0.2, 0.25) is 0 Å². The Morgan fingerprint density at radius 1 is 1.24 bits per heavy atom. The van der Waals surface area contributed by atoms with Gasteiger partial charge in [-0.3, -0.25) is 9.59 Å². The minimum atomic E-state index is -0.193. The molecule has 0 saturated carbocycles. The van der Waals surface area contributed by atoms with Gasteiger partial charge in [-0.2, -0.15) is 0 Å². The van der Waals surface area contributed by atoms with Crippen LogP contribution in [-0.2, 0) is 14.3 Å². The Labute approximate surface area is 150 Å². The van der Waals surface area contributed by atoms with Crippen molar-refractivity contribution in [2.45, 2.75) is 52.5 Å². The molecule has 1 aliphatic heterocycles. The number of esters is 1. The van der Waals surface area contributed by atoms with E-state index in [1.54, 1.807) is 0 Å². The number of quaternary nitrogens is 1. The number of ether oxygens (including phenoxy) is 1. The lowest BCUT2D eigenvalue weighted by Crippen LogP contribution is -3.18. The summed E-state index contributed by atoms with van der Waals surface area (Å²) < 4.78 is 5.14. The van der Waals surface area contributed by atoms with Crippen LogP contribution < -0.4 is 10.2 Å².